The van der Waals surface area contributed by atoms with Crippen LogP contribution in [0.2, 0.25) is 0 Å². The summed E-state index contributed by atoms with van der Waals surface area (Å²) >= 11 is 0. The number of ketones is 1. The van der Waals surface area contributed by atoms with Gasteiger partial charge in [0.15, 0.2) is 0 Å². The fraction of sp³-hybridized carbons (Fsp3) is 0.500. The fourth-order valence-electron chi connectivity index (χ4n) is 2.08. The Hall–Kier alpha value is -1.35. The molecule has 1 aromatic rings. The molecule has 1 aliphatic rings. The molecule has 0 unspecified atom stereocenters. The summed E-state index contributed by atoms with van der Waals surface area (Å²) in [6.45, 7) is 0.871. The smallest absolute Gasteiger partial charge is 0.133 e. The predicted octanol–water partition coefficient (Wildman–Crippen LogP) is 1.90. The third kappa shape index (κ3) is 3.30. The average molecular weight is 234 g/mol. The molecule has 0 fully saturated rings. The third-order valence-corrected chi connectivity index (χ3v) is 3.06. The van der Waals surface area contributed by atoms with Crippen LogP contribution in [0.25, 0.3) is 0 Å². The summed E-state index contributed by atoms with van der Waals surface area (Å²) in [6, 6.07) is 6.17. The van der Waals surface area contributed by atoms with Crippen molar-refractivity contribution in [2.45, 2.75) is 32.1 Å². The second kappa shape index (κ2) is 5.82. The van der Waals surface area contributed by atoms with Crippen molar-refractivity contribution in [2.75, 3.05) is 13.2 Å². The Labute approximate surface area is 101 Å². The molecule has 1 N–H and O–H groups in total. The van der Waals surface area contributed by atoms with Crippen molar-refractivity contribution in [3.8, 4) is 5.75 Å². The van der Waals surface area contributed by atoms with Gasteiger partial charge in [-0.2, -0.15) is 0 Å². The number of aliphatic hydroxyl groups is 1. The van der Waals surface area contributed by atoms with E-state index in [0.29, 0.717) is 19.3 Å². The number of rotatable bonds is 6. The molecule has 0 spiro atoms. The minimum atomic E-state index is 0.0991. The van der Waals surface area contributed by atoms with Crippen LogP contribution in [0, 0.1) is 0 Å². The van der Waals surface area contributed by atoms with Crippen molar-refractivity contribution in [2.24, 2.45) is 0 Å². The zero-order valence-corrected chi connectivity index (χ0v) is 9.95. The van der Waals surface area contributed by atoms with Gasteiger partial charge in [0.05, 0.1) is 6.61 Å². The Morgan fingerprint density at radius 2 is 2.24 bits per heavy atom. The van der Waals surface area contributed by atoms with Crippen LogP contribution >= 0.6 is 0 Å². The molecule has 1 aliphatic heterocycles. The standard InChI is InChI=1S/C14H18O3/c15-8-1-2-13(16)5-3-11-4-6-14-12(10-11)7-9-17-14/h4,6,10,15H,1-3,5,7-9H2. The van der Waals surface area contributed by atoms with E-state index in [-0.39, 0.29) is 12.4 Å². The zero-order chi connectivity index (χ0) is 12.1. The van der Waals surface area contributed by atoms with Crippen LogP contribution in [0.15, 0.2) is 18.2 Å². The summed E-state index contributed by atoms with van der Waals surface area (Å²) in [4.78, 5) is 11.5. The van der Waals surface area contributed by atoms with E-state index in [4.69, 9.17) is 9.84 Å². The lowest BCUT2D eigenvalue weighted by molar-refractivity contribution is -0.119. The Morgan fingerprint density at radius 1 is 1.35 bits per heavy atom. The normalized spacial score (nSPS) is 13.2. The van der Waals surface area contributed by atoms with Crippen molar-refractivity contribution in [3.05, 3.63) is 29.3 Å². The molecular weight excluding hydrogens is 216 g/mol. The molecule has 0 bridgehead atoms. The maximum atomic E-state index is 11.5. The highest BCUT2D eigenvalue weighted by Crippen LogP contribution is 2.26. The lowest BCUT2D eigenvalue weighted by Gasteiger charge is -2.04. The van der Waals surface area contributed by atoms with E-state index in [1.54, 1.807) is 0 Å². The predicted molar refractivity (Wildman–Crippen MR) is 65.3 cm³/mol. The molecular formula is C14H18O3. The van der Waals surface area contributed by atoms with Gasteiger partial charge in [0.1, 0.15) is 11.5 Å². The van der Waals surface area contributed by atoms with Crippen LogP contribution in [-0.2, 0) is 17.6 Å². The highest BCUT2D eigenvalue weighted by molar-refractivity contribution is 5.78. The summed E-state index contributed by atoms with van der Waals surface area (Å²) in [5.74, 6) is 1.22. The van der Waals surface area contributed by atoms with Crippen LogP contribution in [0.5, 0.6) is 5.75 Å². The van der Waals surface area contributed by atoms with Gasteiger partial charge in [-0.3, -0.25) is 4.79 Å². The highest BCUT2D eigenvalue weighted by Gasteiger charge is 2.12. The van der Waals surface area contributed by atoms with E-state index in [1.807, 2.05) is 12.1 Å². The number of carbonyl (C=O) groups is 1. The molecule has 1 aromatic carbocycles. The Balaban J connectivity index is 1.85. The Kier molecular flexibility index (Phi) is 4.15. The molecule has 1 heterocycles. The number of aryl methyl sites for hydroxylation is 1. The van der Waals surface area contributed by atoms with Gasteiger partial charge in [-0.25, -0.2) is 0 Å². The first-order valence-electron chi connectivity index (χ1n) is 6.17. The van der Waals surface area contributed by atoms with Crippen LogP contribution in [0.4, 0.5) is 0 Å². The third-order valence-electron chi connectivity index (χ3n) is 3.06. The quantitative estimate of drug-likeness (QED) is 0.817. The molecule has 0 atom stereocenters. The summed E-state index contributed by atoms with van der Waals surface area (Å²) in [5.41, 5.74) is 2.46. The van der Waals surface area contributed by atoms with Gasteiger partial charge in [0, 0.05) is 25.9 Å². The van der Waals surface area contributed by atoms with E-state index in [1.165, 1.54) is 11.1 Å². The van der Waals surface area contributed by atoms with Gasteiger partial charge in [-0.15, -0.1) is 0 Å². The van der Waals surface area contributed by atoms with Crippen LogP contribution in [0.1, 0.15) is 30.4 Å². The molecule has 3 heteroatoms. The lowest BCUT2D eigenvalue weighted by atomic mass is 10.0. The van der Waals surface area contributed by atoms with Crippen molar-refractivity contribution >= 4 is 5.78 Å². The van der Waals surface area contributed by atoms with Crippen molar-refractivity contribution in [1.29, 1.82) is 0 Å². The van der Waals surface area contributed by atoms with E-state index in [2.05, 4.69) is 6.07 Å². The lowest BCUT2D eigenvalue weighted by Crippen LogP contribution is -2.01. The molecule has 0 saturated heterocycles. The minimum Gasteiger partial charge on any atom is -0.493 e. The van der Waals surface area contributed by atoms with Crippen molar-refractivity contribution in [1.82, 2.24) is 0 Å². The van der Waals surface area contributed by atoms with Crippen molar-refractivity contribution < 1.29 is 14.6 Å². The maximum Gasteiger partial charge on any atom is 0.133 e. The van der Waals surface area contributed by atoms with Gasteiger partial charge >= 0.3 is 0 Å². The van der Waals surface area contributed by atoms with Gasteiger partial charge in [-0.05, 0) is 30.0 Å². The topological polar surface area (TPSA) is 46.5 Å². The number of hydrogen-bond donors (Lipinski definition) is 1. The summed E-state index contributed by atoms with van der Waals surface area (Å²) < 4.78 is 5.44. The van der Waals surface area contributed by atoms with E-state index in [0.717, 1.165) is 25.2 Å². The van der Waals surface area contributed by atoms with E-state index >= 15 is 0 Å². The second-order valence-electron chi connectivity index (χ2n) is 4.41. The molecule has 92 valence electrons. The van der Waals surface area contributed by atoms with E-state index < -0.39 is 0 Å². The maximum absolute atomic E-state index is 11.5. The average Bonchev–Trinajstić information content (AvgIpc) is 2.81. The summed E-state index contributed by atoms with van der Waals surface area (Å²) in [7, 11) is 0. The molecule has 17 heavy (non-hydrogen) atoms. The fourth-order valence-corrected chi connectivity index (χ4v) is 2.08. The van der Waals surface area contributed by atoms with E-state index in [9.17, 15) is 4.79 Å². The number of hydrogen-bond acceptors (Lipinski definition) is 3. The Bertz CT molecular complexity index is 398. The van der Waals surface area contributed by atoms with Crippen LogP contribution in [-0.4, -0.2) is 24.1 Å². The molecule has 0 aromatic heterocycles. The van der Waals surface area contributed by atoms with Crippen LogP contribution in [0.3, 0.4) is 0 Å². The van der Waals surface area contributed by atoms with Gasteiger partial charge in [0.25, 0.3) is 0 Å². The molecule has 0 amide bonds. The molecule has 2 rings (SSSR count). The molecule has 3 nitrogen and oxygen atoms in total. The number of benzene rings is 1. The monoisotopic (exact) mass is 234 g/mol. The first-order chi connectivity index (χ1) is 8.29. The first kappa shape index (κ1) is 12.1. The first-order valence-corrected chi connectivity index (χ1v) is 6.17. The minimum absolute atomic E-state index is 0.0991. The number of fused-ring (bicyclic) bond motifs is 1. The SMILES string of the molecule is O=C(CCCO)CCc1ccc2c(c1)CCO2. The zero-order valence-electron chi connectivity index (χ0n) is 9.95. The van der Waals surface area contributed by atoms with Crippen LogP contribution < -0.4 is 4.74 Å². The molecule has 0 radical (unpaired) electrons. The second-order valence-corrected chi connectivity index (χ2v) is 4.41. The summed E-state index contributed by atoms with van der Waals surface area (Å²) in [6.07, 6.45) is 3.40. The van der Waals surface area contributed by atoms with Gasteiger partial charge in [0.2, 0.25) is 0 Å². The number of ether oxygens (including phenoxy) is 1. The number of Topliss-reactive ketones (excluding diaryl/α,β-unsaturated/α-hetero) is 1. The van der Waals surface area contributed by atoms with Gasteiger partial charge < -0.3 is 9.84 Å². The summed E-state index contributed by atoms with van der Waals surface area (Å²) in [5, 5.41) is 8.64. The van der Waals surface area contributed by atoms with Crippen molar-refractivity contribution in [3.63, 3.8) is 0 Å². The molecule has 0 saturated carbocycles. The molecule has 0 aliphatic carbocycles. The number of aliphatic hydroxyl groups excluding tert-OH is 1. The largest absolute Gasteiger partial charge is 0.493 e. The number of carbonyl (C=O) groups excluding carboxylic acids is 1. The van der Waals surface area contributed by atoms with Gasteiger partial charge in [-0.1, -0.05) is 12.1 Å². The Morgan fingerprint density at radius 3 is 3.06 bits per heavy atom. The highest BCUT2D eigenvalue weighted by atomic mass is 16.5.